The summed E-state index contributed by atoms with van der Waals surface area (Å²) in [6.45, 7) is 3.28. The van der Waals surface area contributed by atoms with E-state index < -0.39 is 0 Å². The van der Waals surface area contributed by atoms with E-state index in [-0.39, 0.29) is 11.1 Å². The molecule has 0 fully saturated rings. The molecule has 0 radical (unpaired) electrons. The first-order valence-electron chi connectivity index (χ1n) is 4.06. The van der Waals surface area contributed by atoms with Crippen molar-refractivity contribution in [1.29, 1.82) is 0 Å². The van der Waals surface area contributed by atoms with Gasteiger partial charge in [0.1, 0.15) is 0 Å². The number of hydrogen-bond donors (Lipinski definition) is 2. The van der Waals surface area contributed by atoms with E-state index in [1.165, 1.54) is 0 Å². The SMILES string of the molecule is Cc1nnc(C)c2c(=O)[nH][nH]c(=O)c12. The lowest BCUT2D eigenvalue weighted by molar-refractivity contribution is 0.926. The van der Waals surface area contributed by atoms with Crippen molar-refractivity contribution in [3.8, 4) is 0 Å². The highest BCUT2D eigenvalue weighted by molar-refractivity contribution is 5.83. The Hall–Kier alpha value is -1.98. The average Bonchev–Trinajstić information content (AvgIpc) is 2.16. The van der Waals surface area contributed by atoms with Crippen molar-refractivity contribution in [2.24, 2.45) is 0 Å². The Morgan fingerprint density at radius 2 is 1.21 bits per heavy atom. The van der Waals surface area contributed by atoms with Crippen molar-refractivity contribution in [1.82, 2.24) is 20.4 Å². The highest BCUT2D eigenvalue weighted by atomic mass is 16.1. The molecule has 0 aliphatic rings. The maximum absolute atomic E-state index is 11.4. The molecule has 0 atom stereocenters. The van der Waals surface area contributed by atoms with E-state index in [0.29, 0.717) is 22.2 Å². The molecule has 0 aromatic carbocycles. The lowest BCUT2D eigenvalue weighted by atomic mass is 10.2. The highest BCUT2D eigenvalue weighted by Crippen LogP contribution is 2.08. The molecule has 2 aromatic heterocycles. The molecule has 0 saturated carbocycles. The summed E-state index contributed by atoms with van der Waals surface area (Å²) >= 11 is 0. The van der Waals surface area contributed by atoms with Gasteiger partial charge in [-0.1, -0.05) is 0 Å². The zero-order chi connectivity index (χ0) is 10.3. The van der Waals surface area contributed by atoms with Crippen LogP contribution >= 0.6 is 0 Å². The Bertz CT molecular complexity index is 556. The Balaban J connectivity index is 3.22. The van der Waals surface area contributed by atoms with Gasteiger partial charge in [0.15, 0.2) is 0 Å². The van der Waals surface area contributed by atoms with Gasteiger partial charge in [-0.05, 0) is 13.8 Å². The molecule has 2 aromatic rings. The quantitative estimate of drug-likeness (QED) is 0.595. The monoisotopic (exact) mass is 192 g/mol. The number of nitrogens with zero attached hydrogens (tertiary/aromatic N) is 2. The van der Waals surface area contributed by atoms with Crippen LogP contribution in [-0.2, 0) is 0 Å². The second-order valence-electron chi connectivity index (χ2n) is 3.03. The number of aryl methyl sites for hydroxylation is 2. The van der Waals surface area contributed by atoms with Crippen LogP contribution in [0.25, 0.3) is 10.8 Å². The van der Waals surface area contributed by atoms with Crippen LogP contribution in [0.2, 0.25) is 0 Å². The van der Waals surface area contributed by atoms with Gasteiger partial charge in [-0.3, -0.25) is 19.8 Å². The molecule has 0 saturated heterocycles. The molecule has 0 aliphatic carbocycles. The van der Waals surface area contributed by atoms with Gasteiger partial charge in [0.05, 0.1) is 22.2 Å². The predicted molar refractivity (Wildman–Crippen MR) is 50.3 cm³/mol. The first-order chi connectivity index (χ1) is 6.61. The fourth-order valence-corrected chi connectivity index (χ4v) is 1.41. The summed E-state index contributed by atoms with van der Waals surface area (Å²) in [6.07, 6.45) is 0. The summed E-state index contributed by atoms with van der Waals surface area (Å²) < 4.78 is 0. The van der Waals surface area contributed by atoms with Crippen LogP contribution < -0.4 is 11.1 Å². The molecule has 6 heteroatoms. The van der Waals surface area contributed by atoms with E-state index in [1.807, 2.05) is 0 Å². The maximum Gasteiger partial charge on any atom is 0.272 e. The highest BCUT2D eigenvalue weighted by Gasteiger charge is 2.10. The van der Waals surface area contributed by atoms with Crippen molar-refractivity contribution in [3.63, 3.8) is 0 Å². The molecule has 6 nitrogen and oxygen atoms in total. The van der Waals surface area contributed by atoms with Crippen LogP contribution in [0.5, 0.6) is 0 Å². The van der Waals surface area contributed by atoms with Crippen molar-refractivity contribution >= 4 is 10.8 Å². The van der Waals surface area contributed by atoms with Gasteiger partial charge >= 0.3 is 0 Å². The van der Waals surface area contributed by atoms with Crippen molar-refractivity contribution in [2.75, 3.05) is 0 Å². The third kappa shape index (κ3) is 1.04. The van der Waals surface area contributed by atoms with E-state index in [0.717, 1.165) is 0 Å². The average molecular weight is 192 g/mol. The van der Waals surface area contributed by atoms with E-state index in [9.17, 15) is 9.59 Å². The fourth-order valence-electron chi connectivity index (χ4n) is 1.41. The summed E-state index contributed by atoms with van der Waals surface area (Å²) in [6, 6.07) is 0. The van der Waals surface area contributed by atoms with Crippen LogP contribution in [0.4, 0.5) is 0 Å². The minimum absolute atomic E-state index is 0.307. The number of aromatic nitrogens is 4. The Kier molecular flexibility index (Phi) is 1.70. The summed E-state index contributed by atoms with van der Waals surface area (Å²) in [5.74, 6) is 0. The number of aromatic amines is 2. The van der Waals surface area contributed by atoms with E-state index in [4.69, 9.17) is 0 Å². The molecule has 0 spiro atoms. The second-order valence-corrected chi connectivity index (χ2v) is 3.03. The van der Waals surface area contributed by atoms with Gasteiger partial charge in [0, 0.05) is 0 Å². The number of rotatable bonds is 0. The van der Waals surface area contributed by atoms with Crippen LogP contribution in [-0.4, -0.2) is 20.4 Å². The fraction of sp³-hybridized carbons (Fsp3) is 0.250. The minimum atomic E-state index is -0.352. The molecular formula is C8H8N4O2. The van der Waals surface area contributed by atoms with E-state index >= 15 is 0 Å². The summed E-state index contributed by atoms with van der Waals surface area (Å²) in [4.78, 5) is 22.8. The van der Waals surface area contributed by atoms with Crippen LogP contribution in [0.1, 0.15) is 11.4 Å². The standard InChI is InChI=1S/C8H8N4O2/c1-3-5-6(4(2)10-9-3)8(14)12-11-7(5)13/h1-2H3,(H,11,13)(H,12,14). The van der Waals surface area contributed by atoms with Gasteiger partial charge in [0.25, 0.3) is 11.1 Å². The summed E-state index contributed by atoms with van der Waals surface area (Å²) in [5.41, 5.74) is 0.209. The molecule has 0 amide bonds. The van der Waals surface area contributed by atoms with Crippen molar-refractivity contribution in [2.45, 2.75) is 13.8 Å². The van der Waals surface area contributed by atoms with Crippen molar-refractivity contribution < 1.29 is 0 Å². The number of hydrogen-bond acceptors (Lipinski definition) is 4. The normalized spacial score (nSPS) is 10.7. The predicted octanol–water partition coefficient (Wildman–Crippen LogP) is -0.377. The topological polar surface area (TPSA) is 91.5 Å². The molecule has 0 aliphatic heterocycles. The molecule has 72 valence electrons. The Morgan fingerprint density at radius 1 is 0.857 bits per heavy atom. The lowest BCUT2D eigenvalue weighted by Gasteiger charge is -2.00. The molecule has 2 heterocycles. The number of fused-ring (bicyclic) bond motifs is 1. The minimum Gasteiger partial charge on any atom is -0.267 e. The van der Waals surface area contributed by atoms with Crippen LogP contribution in [0.15, 0.2) is 9.59 Å². The van der Waals surface area contributed by atoms with Crippen LogP contribution in [0.3, 0.4) is 0 Å². The first-order valence-corrected chi connectivity index (χ1v) is 4.06. The third-order valence-electron chi connectivity index (χ3n) is 2.07. The van der Waals surface area contributed by atoms with Crippen molar-refractivity contribution in [3.05, 3.63) is 32.1 Å². The first kappa shape index (κ1) is 8.61. The second kappa shape index (κ2) is 2.76. The largest absolute Gasteiger partial charge is 0.272 e. The van der Waals surface area contributed by atoms with E-state index in [1.54, 1.807) is 13.8 Å². The van der Waals surface area contributed by atoms with Gasteiger partial charge in [-0.15, -0.1) is 0 Å². The third-order valence-corrected chi connectivity index (χ3v) is 2.07. The number of nitrogens with one attached hydrogen (secondary N) is 2. The molecule has 14 heavy (non-hydrogen) atoms. The molecule has 0 bridgehead atoms. The number of H-pyrrole nitrogens is 2. The lowest BCUT2D eigenvalue weighted by Crippen LogP contribution is -2.21. The van der Waals surface area contributed by atoms with Gasteiger partial charge in [0.2, 0.25) is 0 Å². The van der Waals surface area contributed by atoms with Gasteiger partial charge in [-0.25, -0.2) is 0 Å². The summed E-state index contributed by atoms with van der Waals surface area (Å²) in [7, 11) is 0. The zero-order valence-corrected chi connectivity index (χ0v) is 7.71. The van der Waals surface area contributed by atoms with E-state index in [2.05, 4.69) is 20.4 Å². The van der Waals surface area contributed by atoms with Crippen LogP contribution in [0, 0.1) is 13.8 Å². The smallest absolute Gasteiger partial charge is 0.267 e. The zero-order valence-electron chi connectivity index (χ0n) is 7.71. The van der Waals surface area contributed by atoms with Gasteiger partial charge in [-0.2, -0.15) is 10.2 Å². The Morgan fingerprint density at radius 3 is 1.57 bits per heavy atom. The summed E-state index contributed by atoms with van der Waals surface area (Å²) in [5, 5.41) is 12.7. The van der Waals surface area contributed by atoms with Gasteiger partial charge < -0.3 is 0 Å². The molecular weight excluding hydrogens is 184 g/mol. The maximum atomic E-state index is 11.4. The molecule has 0 unspecified atom stereocenters. The Labute approximate surface area is 78.0 Å². The molecule has 2 N–H and O–H groups in total. The molecule has 2 rings (SSSR count).